The summed E-state index contributed by atoms with van der Waals surface area (Å²) in [7, 11) is 0. The Kier molecular flexibility index (Phi) is 6.71. The Morgan fingerprint density at radius 3 is 2.88 bits per heavy atom. The third-order valence-corrected chi connectivity index (χ3v) is 3.55. The van der Waals surface area contributed by atoms with Gasteiger partial charge in [0.1, 0.15) is 0 Å². The van der Waals surface area contributed by atoms with E-state index >= 15 is 0 Å². The van der Waals surface area contributed by atoms with Gasteiger partial charge in [0.25, 0.3) is 0 Å². The Balaban J connectivity index is 2.45. The van der Waals surface area contributed by atoms with Crippen LogP contribution < -0.4 is 5.32 Å². The highest BCUT2D eigenvalue weighted by molar-refractivity contribution is 7.99. The predicted molar refractivity (Wildman–Crippen MR) is 78.7 cm³/mol. The Bertz CT molecular complexity index is 363. The molecule has 1 N–H and O–H groups in total. The first-order valence-corrected chi connectivity index (χ1v) is 7.20. The van der Waals surface area contributed by atoms with Crippen molar-refractivity contribution >= 4 is 23.4 Å². The minimum absolute atomic E-state index is 0.687. The van der Waals surface area contributed by atoms with Gasteiger partial charge in [0.2, 0.25) is 0 Å². The molecule has 0 amide bonds. The third-order valence-electron chi connectivity index (χ3n) is 2.18. The van der Waals surface area contributed by atoms with Crippen molar-refractivity contribution in [1.29, 1.82) is 0 Å². The van der Waals surface area contributed by atoms with Gasteiger partial charge in [-0.1, -0.05) is 44.2 Å². The fraction of sp³-hybridized carbons (Fsp3) is 0.429. The zero-order chi connectivity index (χ0) is 12.7. The van der Waals surface area contributed by atoms with Crippen LogP contribution in [0.2, 0.25) is 0 Å². The molecule has 0 saturated carbocycles. The van der Waals surface area contributed by atoms with Gasteiger partial charge in [-0.2, -0.15) is 0 Å². The quantitative estimate of drug-likeness (QED) is 0.742. The minimum Gasteiger partial charge on any atom is -0.312 e. The van der Waals surface area contributed by atoms with E-state index in [0.717, 1.165) is 18.8 Å². The monoisotopic (exact) mass is 269 g/mol. The van der Waals surface area contributed by atoms with E-state index in [1.807, 2.05) is 0 Å². The lowest BCUT2D eigenvalue weighted by Gasteiger charge is -2.08. The maximum atomic E-state index is 5.76. The fourth-order valence-electron chi connectivity index (χ4n) is 1.41. The molecular weight excluding hydrogens is 250 g/mol. The average molecular weight is 270 g/mol. The van der Waals surface area contributed by atoms with Crippen LogP contribution >= 0.6 is 23.4 Å². The summed E-state index contributed by atoms with van der Waals surface area (Å²) in [6.45, 7) is 10.1. The number of thioether (sulfide) groups is 1. The summed E-state index contributed by atoms with van der Waals surface area (Å²) in [5.41, 5.74) is 1.32. The molecule has 94 valence electrons. The van der Waals surface area contributed by atoms with Crippen LogP contribution in [0, 0.1) is 5.92 Å². The van der Waals surface area contributed by atoms with E-state index in [2.05, 4.69) is 50.0 Å². The number of nitrogens with one attached hydrogen (secondary N) is 1. The van der Waals surface area contributed by atoms with Gasteiger partial charge in [-0.25, -0.2) is 0 Å². The number of rotatable bonds is 7. The van der Waals surface area contributed by atoms with E-state index in [-0.39, 0.29) is 0 Å². The molecule has 0 unspecified atom stereocenters. The molecule has 0 fully saturated rings. The van der Waals surface area contributed by atoms with Crippen molar-refractivity contribution in [3.63, 3.8) is 0 Å². The van der Waals surface area contributed by atoms with Crippen LogP contribution in [0.25, 0.3) is 0 Å². The van der Waals surface area contributed by atoms with Crippen molar-refractivity contribution in [1.82, 2.24) is 5.32 Å². The molecule has 1 nitrogen and oxygen atoms in total. The molecule has 1 aromatic carbocycles. The Hall–Kier alpha value is -0.440. The van der Waals surface area contributed by atoms with Gasteiger partial charge < -0.3 is 5.32 Å². The fourth-order valence-corrected chi connectivity index (χ4v) is 2.31. The lowest BCUT2D eigenvalue weighted by Crippen LogP contribution is -2.18. The zero-order valence-corrected chi connectivity index (χ0v) is 12.1. The summed E-state index contributed by atoms with van der Waals surface area (Å²) in [6, 6.07) is 8.55. The molecule has 1 rings (SSSR count). The molecule has 0 aliphatic carbocycles. The average Bonchev–Trinajstić information content (AvgIpc) is 2.26. The highest BCUT2D eigenvalue weighted by Crippen LogP contribution is 2.22. The highest BCUT2D eigenvalue weighted by Gasteiger charge is 1.99. The van der Waals surface area contributed by atoms with Crippen LogP contribution in [-0.4, -0.2) is 12.3 Å². The second-order valence-corrected chi connectivity index (χ2v) is 6.06. The van der Waals surface area contributed by atoms with Gasteiger partial charge >= 0.3 is 0 Å². The smallest absolute Gasteiger partial charge is 0.0334 e. The van der Waals surface area contributed by atoms with Crippen LogP contribution in [0.4, 0.5) is 0 Å². The largest absolute Gasteiger partial charge is 0.312 e. The minimum atomic E-state index is 0.687. The first kappa shape index (κ1) is 14.6. The number of halogens is 1. The van der Waals surface area contributed by atoms with Crippen molar-refractivity contribution in [2.24, 2.45) is 5.92 Å². The maximum absolute atomic E-state index is 5.76. The summed E-state index contributed by atoms with van der Waals surface area (Å²) in [4.78, 5) is 1.25. The van der Waals surface area contributed by atoms with Gasteiger partial charge in [0, 0.05) is 22.2 Å². The van der Waals surface area contributed by atoms with Crippen molar-refractivity contribution in [3.8, 4) is 0 Å². The van der Waals surface area contributed by atoms with Crippen LogP contribution in [0.15, 0.2) is 40.8 Å². The normalized spacial score (nSPS) is 10.8. The molecule has 1 aromatic rings. The van der Waals surface area contributed by atoms with Crippen molar-refractivity contribution in [3.05, 3.63) is 41.4 Å². The van der Waals surface area contributed by atoms with E-state index in [1.165, 1.54) is 10.5 Å². The van der Waals surface area contributed by atoms with Crippen LogP contribution in [0.3, 0.4) is 0 Å². The predicted octanol–water partition coefficient (Wildman–Crippen LogP) is 4.28. The summed E-state index contributed by atoms with van der Waals surface area (Å²) in [5.74, 6) is 1.46. The molecular formula is C14H20ClNS. The molecule has 0 atom stereocenters. The van der Waals surface area contributed by atoms with E-state index in [1.54, 1.807) is 11.8 Å². The third kappa shape index (κ3) is 6.77. The number of hydrogen-bond acceptors (Lipinski definition) is 2. The van der Waals surface area contributed by atoms with Gasteiger partial charge in [0.05, 0.1) is 0 Å². The Morgan fingerprint density at radius 2 is 2.24 bits per heavy atom. The van der Waals surface area contributed by atoms with Crippen molar-refractivity contribution in [2.45, 2.75) is 25.3 Å². The van der Waals surface area contributed by atoms with Crippen LogP contribution in [-0.2, 0) is 6.54 Å². The van der Waals surface area contributed by atoms with Gasteiger partial charge in [-0.3, -0.25) is 0 Å². The molecule has 3 heteroatoms. The summed E-state index contributed by atoms with van der Waals surface area (Å²) in [5, 5.41) is 4.13. The van der Waals surface area contributed by atoms with E-state index in [0.29, 0.717) is 11.0 Å². The first-order chi connectivity index (χ1) is 8.08. The topological polar surface area (TPSA) is 12.0 Å². The summed E-state index contributed by atoms with van der Waals surface area (Å²) in [6.07, 6.45) is 0. The second kappa shape index (κ2) is 7.80. The first-order valence-electron chi connectivity index (χ1n) is 5.83. The van der Waals surface area contributed by atoms with Crippen LogP contribution in [0.5, 0.6) is 0 Å². The molecule has 0 aliphatic heterocycles. The van der Waals surface area contributed by atoms with E-state index < -0.39 is 0 Å². The highest BCUT2D eigenvalue weighted by atomic mass is 35.5. The molecule has 0 heterocycles. The van der Waals surface area contributed by atoms with Crippen molar-refractivity contribution < 1.29 is 0 Å². The summed E-state index contributed by atoms with van der Waals surface area (Å²) >= 11 is 7.48. The van der Waals surface area contributed by atoms with E-state index in [9.17, 15) is 0 Å². The molecule has 17 heavy (non-hydrogen) atoms. The zero-order valence-electron chi connectivity index (χ0n) is 10.5. The Morgan fingerprint density at radius 1 is 1.47 bits per heavy atom. The van der Waals surface area contributed by atoms with Gasteiger partial charge in [0.15, 0.2) is 0 Å². The molecule has 0 spiro atoms. The van der Waals surface area contributed by atoms with Crippen molar-refractivity contribution in [2.75, 3.05) is 12.3 Å². The van der Waals surface area contributed by atoms with E-state index in [4.69, 9.17) is 11.6 Å². The van der Waals surface area contributed by atoms with Gasteiger partial charge in [-0.15, -0.1) is 11.8 Å². The molecule has 0 radical (unpaired) electrons. The molecule has 0 bridgehead atoms. The molecule has 0 aromatic heterocycles. The second-order valence-electron chi connectivity index (χ2n) is 4.48. The molecule has 0 aliphatic rings. The van der Waals surface area contributed by atoms with Crippen LogP contribution in [0.1, 0.15) is 19.4 Å². The standard InChI is InChI=1S/C14H20ClNS/c1-11(2)8-16-9-13-5-4-6-14(7-13)17-10-12(3)15/h4-7,11,16H,3,8-10H2,1-2H3. The number of benzene rings is 1. The molecule has 0 saturated heterocycles. The summed E-state index contributed by atoms with van der Waals surface area (Å²) < 4.78 is 0. The lowest BCUT2D eigenvalue weighted by atomic mass is 10.2. The maximum Gasteiger partial charge on any atom is 0.0334 e. The van der Waals surface area contributed by atoms with Gasteiger partial charge in [-0.05, 0) is 30.2 Å². The lowest BCUT2D eigenvalue weighted by molar-refractivity contribution is 0.552. The Labute approximate surface area is 114 Å². The number of hydrogen-bond donors (Lipinski definition) is 1. The SMILES string of the molecule is C=C(Cl)CSc1cccc(CNCC(C)C)c1.